The minimum absolute atomic E-state index is 0.000856. The van der Waals surface area contributed by atoms with Gasteiger partial charge in [0.2, 0.25) is 5.91 Å². The SMILES string of the molecule is Cc1ccc(C)n1NC(=O)CCC(C)(C)N. The fourth-order valence-corrected chi connectivity index (χ4v) is 1.46. The molecule has 90 valence electrons. The zero-order chi connectivity index (χ0) is 12.3. The van der Waals surface area contributed by atoms with Gasteiger partial charge in [-0.25, -0.2) is 0 Å². The lowest BCUT2D eigenvalue weighted by Crippen LogP contribution is -2.34. The average Bonchev–Trinajstić information content (AvgIpc) is 2.45. The highest BCUT2D eigenvalue weighted by atomic mass is 16.2. The fraction of sp³-hybridized carbons (Fsp3) is 0.583. The van der Waals surface area contributed by atoms with Crippen molar-refractivity contribution < 1.29 is 4.79 Å². The molecule has 1 amide bonds. The van der Waals surface area contributed by atoms with Gasteiger partial charge in [0.25, 0.3) is 0 Å². The van der Waals surface area contributed by atoms with Crippen LogP contribution in [0.2, 0.25) is 0 Å². The Morgan fingerprint density at radius 1 is 1.38 bits per heavy atom. The van der Waals surface area contributed by atoms with E-state index in [1.165, 1.54) is 0 Å². The van der Waals surface area contributed by atoms with Gasteiger partial charge >= 0.3 is 0 Å². The molecule has 0 saturated carbocycles. The van der Waals surface area contributed by atoms with Gasteiger partial charge in [-0.1, -0.05) is 0 Å². The largest absolute Gasteiger partial charge is 0.326 e. The fourth-order valence-electron chi connectivity index (χ4n) is 1.46. The van der Waals surface area contributed by atoms with Crippen LogP contribution in [-0.4, -0.2) is 16.1 Å². The van der Waals surface area contributed by atoms with Gasteiger partial charge in [0.1, 0.15) is 0 Å². The number of amides is 1. The summed E-state index contributed by atoms with van der Waals surface area (Å²) in [5.41, 5.74) is 10.4. The summed E-state index contributed by atoms with van der Waals surface area (Å²) >= 11 is 0. The van der Waals surface area contributed by atoms with Crippen molar-refractivity contribution in [1.82, 2.24) is 4.68 Å². The molecule has 16 heavy (non-hydrogen) atoms. The van der Waals surface area contributed by atoms with Crippen LogP contribution in [0.4, 0.5) is 0 Å². The van der Waals surface area contributed by atoms with Gasteiger partial charge in [0, 0.05) is 23.3 Å². The van der Waals surface area contributed by atoms with Crippen molar-refractivity contribution in [2.24, 2.45) is 5.73 Å². The highest BCUT2D eigenvalue weighted by Gasteiger charge is 2.13. The van der Waals surface area contributed by atoms with E-state index in [0.717, 1.165) is 11.4 Å². The molecule has 4 heteroatoms. The topological polar surface area (TPSA) is 60.0 Å². The predicted molar refractivity (Wildman–Crippen MR) is 65.8 cm³/mol. The lowest BCUT2D eigenvalue weighted by Gasteiger charge is -2.18. The van der Waals surface area contributed by atoms with Gasteiger partial charge in [0.05, 0.1) is 0 Å². The normalized spacial score (nSPS) is 11.6. The Labute approximate surface area is 96.8 Å². The van der Waals surface area contributed by atoms with Crippen molar-refractivity contribution >= 4 is 5.91 Å². The van der Waals surface area contributed by atoms with Gasteiger partial charge < -0.3 is 5.73 Å². The lowest BCUT2D eigenvalue weighted by atomic mass is 10.0. The van der Waals surface area contributed by atoms with Crippen LogP contribution >= 0.6 is 0 Å². The van der Waals surface area contributed by atoms with E-state index < -0.39 is 0 Å². The number of carbonyl (C=O) groups excluding carboxylic acids is 1. The molecule has 0 fully saturated rings. The second kappa shape index (κ2) is 4.70. The Hall–Kier alpha value is -1.29. The Morgan fingerprint density at radius 3 is 2.31 bits per heavy atom. The third-order valence-corrected chi connectivity index (χ3v) is 2.50. The predicted octanol–water partition coefficient (Wildman–Crippen LogP) is 1.69. The number of nitrogens with zero attached hydrogens (tertiary/aromatic N) is 1. The van der Waals surface area contributed by atoms with E-state index in [-0.39, 0.29) is 11.4 Å². The number of carbonyl (C=O) groups is 1. The molecule has 1 aromatic heterocycles. The molecule has 0 radical (unpaired) electrons. The number of hydrogen-bond donors (Lipinski definition) is 2. The van der Waals surface area contributed by atoms with Crippen molar-refractivity contribution in [2.45, 2.75) is 46.1 Å². The molecule has 3 N–H and O–H groups in total. The average molecular weight is 223 g/mol. The molecule has 1 aromatic rings. The summed E-state index contributed by atoms with van der Waals surface area (Å²) in [5, 5.41) is 0. The second-order valence-electron chi connectivity index (χ2n) is 4.98. The molecule has 0 aliphatic carbocycles. The Kier molecular flexibility index (Phi) is 3.75. The first kappa shape index (κ1) is 12.8. The van der Waals surface area contributed by atoms with Crippen LogP contribution in [0.5, 0.6) is 0 Å². The zero-order valence-electron chi connectivity index (χ0n) is 10.5. The van der Waals surface area contributed by atoms with Crippen molar-refractivity contribution in [3.8, 4) is 0 Å². The molecular weight excluding hydrogens is 202 g/mol. The third-order valence-electron chi connectivity index (χ3n) is 2.50. The quantitative estimate of drug-likeness (QED) is 0.816. The Balaban J connectivity index is 2.53. The van der Waals surface area contributed by atoms with Gasteiger partial charge in [-0.2, -0.15) is 0 Å². The van der Waals surface area contributed by atoms with Crippen LogP contribution in [0.3, 0.4) is 0 Å². The summed E-state index contributed by atoms with van der Waals surface area (Å²) < 4.78 is 1.80. The molecule has 0 spiro atoms. The monoisotopic (exact) mass is 223 g/mol. The molecule has 4 nitrogen and oxygen atoms in total. The van der Waals surface area contributed by atoms with Crippen LogP contribution in [0.15, 0.2) is 12.1 Å². The molecule has 0 aromatic carbocycles. The molecule has 0 atom stereocenters. The number of aromatic nitrogens is 1. The summed E-state index contributed by atoms with van der Waals surface area (Å²) in [6.45, 7) is 7.76. The standard InChI is InChI=1S/C12H21N3O/c1-9-5-6-10(2)15(9)14-11(16)7-8-12(3,4)13/h5-6H,7-8,13H2,1-4H3,(H,14,16). The summed E-state index contributed by atoms with van der Waals surface area (Å²) in [6, 6.07) is 3.95. The van der Waals surface area contributed by atoms with Gasteiger partial charge in [-0.05, 0) is 46.2 Å². The molecule has 1 heterocycles. The first-order chi connectivity index (χ1) is 7.29. The van der Waals surface area contributed by atoms with E-state index >= 15 is 0 Å². The van der Waals surface area contributed by atoms with Gasteiger partial charge in [0.15, 0.2) is 0 Å². The van der Waals surface area contributed by atoms with Gasteiger partial charge in [-0.3, -0.25) is 14.9 Å². The van der Waals surface area contributed by atoms with E-state index in [0.29, 0.717) is 12.8 Å². The zero-order valence-corrected chi connectivity index (χ0v) is 10.5. The maximum atomic E-state index is 11.7. The number of nitrogens with one attached hydrogen (secondary N) is 1. The van der Waals surface area contributed by atoms with Crippen LogP contribution in [0, 0.1) is 13.8 Å². The highest BCUT2D eigenvalue weighted by Crippen LogP contribution is 2.08. The molecular formula is C12H21N3O. The number of hydrogen-bond acceptors (Lipinski definition) is 2. The van der Waals surface area contributed by atoms with Crippen LogP contribution in [0.1, 0.15) is 38.1 Å². The molecule has 0 saturated heterocycles. The summed E-state index contributed by atoms with van der Waals surface area (Å²) in [4.78, 5) is 11.7. The molecule has 0 aliphatic rings. The van der Waals surface area contributed by atoms with Crippen LogP contribution in [-0.2, 0) is 4.79 Å². The first-order valence-corrected chi connectivity index (χ1v) is 5.53. The third kappa shape index (κ3) is 3.70. The number of aryl methyl sites for hydroxylation is 2. The van der Waals surface area contributed by atoms with Crippen molar-refractivity contribution in [3.63, 3.8) is 0 Å². The van der Waals surface area contributed by atoms with Gasteiger partial charge in [-0.15, -0.1) is 0 Å². The van der Waals surface area contributed by atoms with E-state index in [1.54, 1.807) is 4.68 Å². The van der Waals surface area contributed by atoms with E-state index in [1.807, 2.05) is 39.8 Å². The van der Waals surface area contributed by atoms with Crippen LogP contribution in [0.25, 0.3) is 0 Å². The maximum Gasteiger partial charge on any atom is 0.238 e. The van der Waals surface area contributed by atoms with E-state index in [9.17, 15) is 4.79 Å². The first-order valence-electron chi connectivity index (χ1n) is 5.53. The second-order valence-corrected chi connectivity index (χ2v) is 4.98. The molecule has 0 unspecified atom stereocenters. The van der Waals surface area contributed by atoms with Crippen molar-refractivity contribution in [1.29, 1.82) is 0 Å². The molecule has 0 bridgehead atoms. The Bertz CT molecular complexity index is 355. The highest BCUT2D eigenvalue weighted by molar-refractivity contribution is 5.83. The molecule has 0 aliphatic heterocycles. The van der Waals surface area contributed by atoms with Crippen molar-refractivity contribution in [3.05, 3.63) is 23.5 Å². The van der Waals surface area contributed by atoms with E-state index in [4.69, 9.17) is 5.73 Å². The summed E-state index contributed by atoms with van der Waals surface area (Å²) in [7, 11) is 0. The smallest absolute Gasteiger partial charge is 0.238 e. The minimum Gasteiger partial charge on any atom is -0.326 e. The summed E-state index contributed by atoms with van der Waals surface area (Å²) in [6.07, 6.45) is 1.12. The lowest BCUT2D eigenvalue weighted by molar-refractivity contribution is -0.117. The number of nitrogens with two attached hydrogens (primary N) is 1. The maximum absolute atomic E-state index is 11.7. The Morgan fingerprint density at radius 2 is 1.88 bits per heavy atom. The molecule has 1 rings (SSSR count). The number of rotatable bonds is 4. The van der Waals surface area contributed by atoms with Crippen LogP contribution < -0.4 is 11.2 Å². The summed E-state index contributed by atoms with van der Waals surface area (Å²) in [5.74, 6) is 0.000856. The van der Waals surface area contributed by atoms with E-state index in [2.05, 4.69) is 5.43 Å². The van der Waals surface area contributed by atoms with Crippen molar-refractivity contribution in [2.75, 3.05) is 5.43 Å². The minimum atomic E-state index is -0.294.